The molecular formula is C13H22N4S. The molecule has 0 amide bonds. The third kappa shape index (κ3) is 2.72. The van der Waals surface area contributed by atoms with Crippen LogP contribution in [-0.2, 0) is 0 Å². The van der Waals surface area contributed by atoms with Gasteiger partial charge in [-0.3, -0.25) is 0 Å². The van der Waals surface area contributed by atoms with Gasteiger partial charge in [0.25, 0.3) is 0 Å². The molecule has 0 aromatic carbocycles. The van der Waals surface area contributed by atoms with Crippen molar-refractivity contribution in [1.29, 1.82) is 0 Å². The smallest absolute Gasteiger partial charge is 0.191 e. The summed E-state index contributed by atoms with van der Waals surface area (Å²) in [5.41, 5.74) is 0. The van der Waals surface area contributed by atoms with E-state index in [1.54, 1.807) is 0 Å². The number of aromatic nitrogens is 3. The number of rotatable bonds is 7. The lowest BCUT2D eigenvalue weighted by molar-refractivity contribution is 0.624. The minimum absolute atomic E-state index is 0.554. The molecule has 1 atom stereocenters. The third-order valence-electron chi connectivity index (χ3n) is 3.53. The van der Waals surface area contributed by atoms with Crippen molar-refractivity contribution >= 4 is 11.8 Å². The fourth-order valence-electron chi connectivity index (χ4n) is 2.23. The van der Waals surface area contributed by atoms with Crippen molar-refractivity contribution in [3.8, 4) is 0 Å². The summed E-state index contributed by atoms with van der Waals surface area (Å²) >= 11 is 1.87. The molecule has 2 fully saturated rings. The fourth-order valence-corrected chi connectivity index (χ4v) is 3.24. The molecule has 18 heavy (non-hydrogen) atoms. The summed E-state index contributed by atoms with van der Waals surface area (Å²) in [5, 5.41) is 14.0. The molecule has 1 unspecified atom stereocenters. The molecule has 0 saturated heterocycles. The Bertz CT molecular complexity index is 409. The zero-order chi connectivity index (χ0) is 12.5. The predicted molar refractivity (Wildman–Crippen MR) is 74.1 cm³/mol. The third-order valence-corrected chi connectivity index (χ3v) is 4.59. The Labute approximate surface area is 113 Å². The highest BCUT2D eigenvalue weighted by atomic mass is 32.2. The second-order valence-electron chi connectivity index (χ2n) is 5.45. The molecule has 1 aromatic heterocycles. The minimum atomic E-state index is 0.554. The highest BCUT2D eigenvalue weighted by Gasteiger charge is 2.36. The Kier molecular flexibility index (Phi) is 3.61. The second kappa shape index (κ2) is 5.21. The van der Waals surface area contributed by atoms with E-state index in [1.807, 2.05) is 11.8 Å². The first-order valence-corrected chi connectivity index (χ1v) is 7.99. The van der Waals surface area contributed by atoms with Gasteiger partial charge in [0, 0.05) is 23.8 Å². The lowest BCUT2D eigenvalue weighted by Gasteiger charge is -2.12. The summed E-state index contributed by atoms with van der Waals surface area (Å²) in [6, 6.07) is 0.699. The molecule has 2 saturated carbocycles. The second-order valence-corrected chi connectivity index (χ2v) is 6.86. The molecule has 1 N–H and O–H groups in total. The van der Waals surface area contributed by atoms with E-state index in [0.717, 1.165) is 18.2 Å². The van der Waals surface area contributed by atoms with Crippen LogP contribution >= 0.6 is 11.8 Å². The van der Waals surface area contributed by atoms with E-state index >= 15 is 0 Å². The summed E-state index contributed by atoms with van der Waals surface area (Å²) < 4.78 is 2.44. The highest BCUT2D eigenvalue weighted by molar-refractivity contribution is 7.99. The van der Waals surface area contributed by atoms with Gasteiger partial charge >= 0.3 is 0 Å². The van der Waals surface area contributed by atoms with E-state index < -0.39 is 0 Å². The highest BCUT2D eigenvalue weighted by Crippen LogP contribution is 2.46. The first-order chi connectivity index (χ1) is 8.79. The van der Waals surface area contributed by atoms with Crippen molar-refractivity contribution in [2.24, 2.45) is 0 Å². The Balaban J connectivity index is 1.70. The molecule has 1 aromatic rings. The van der Waals surface area contributed by atoms with Crippen LogP contribution in [-0.4, -0.2) is 33.1 Å². The van der Waals surface area contributed by atoms with Gasteiger partial charge in [0.15, 0.2) is 5.16 Å². The molecular weight excluding hydrogens is 244 g/mol. The van der Waals surface area contributed by atoms with Crippen LogP contribution < -0.4 is 5.32 Å². The normalized spacial score (nSPS) is 21.2. The van der Waals surface area contributed by atoms with E-state index in [-0.39, 0.29) is 0 Å². The number of nitrogens with one attached hydrogen (secondary N) is 1. The lowest BCUT2D eigenvalue weighted by atomic mass is 10.4. The van der Waals surface area contributed by atoms with Crippen LogP contribution in [0.4, 0.5) is 0 Å². The van der Waals surface area contributed by atoms with E-state index in [0.29, 0.717) is 17.2 Å². The van der Waals surface area contributed by atoms with E-state index in [1.165, 1.54) is 31.5 Å². The van der Waals surface area contributed by atoms with Gasteiger partial charge < -0.3 is 9.88 Å². The molecule has 2 aliphatic carbocycles. The molecule has 0 aliphatic heterocycles. The molecule has 100 valence electrons. The molecule has 1 heterocycles. The molecule has 0 bridgehead atoms. The first kappa shape index (κ1) is 12.5. The maximum atomic E-state index is 4.44. The average Bonchev–Trinajstić information content (AvgIpc) is 3.26. The Hall–Kier alpha value is -0.550. The van der Waals surface area contributed by atoms with Crippen molar-refractivity contribution in [3.63, 3.8) is 0 Å². The van der Waals surface area contributed by atoms with Crippen LogP contribution in [0.5, 0.6) is 0 Å². The van der Waals surface area contributed by atoms with Crippen LogP contribution in [0.15, 0.2) is 5.16 Å². The first-order valence-electron chi connectivity index (χ1n) is 7.11. The standard InChI is InChI=1S/C13H22N4S/c1-3-14-8-9(2)18-13-16-15-12(10-4-5-10)17(13)11-6-7-11/h9-11,14H,3-8H2,1-2H3. The number of hydrogen-bond donors (Lipinski definition) is 1. The Morgan fingerprint density at radius 1 is 1.33 bits per heavy atom. The Morgan fingerprint density at radius 3 is 2.72 bits per heavy atom. The maximum Gasteiger partial charge on any atom is 0.191 e. The molecule has 0 spiro atoms. The summed E-state index contributed by atoms with van der Waals surface area (Å²) in [7, 11) is 0. The van der Waals surface area contributed by atoms with Gasteiger partial charge in [-0.1, -0.05) is 25.6 Å². The number of nitrogens with zero attached hydrogens (tertiary/aromatic N) is 3. The average molecular weight is 266 g/mol. The summed E-state index contributed by atoms with van der Waals surface area (Å²) in [5.74, 6) is 1.96. The van der Waals surface area contributed by atoms with Crippen molar-refractivity contribution in [2.45, 2.75) is 61.9 Å². The van der Waals surface area contributed by atoms with Crippen molar-refractivity contribution in [1.82, 2.24) is 20.1 Å². The van der Waals surface area contributed by atoms with Gasteiger partial charge in [-0.25, -0.2) is 0 Å². The summed E-state index contributed by atoms with van der Waals surface area (Å²) in [6.07, 6.45) is 5.24. The van der Waals surface area contributed by atoms with Gasteiger partial charge in [-0.15, -0.1) is 10.2 Å². The SMILES string of the molecule is CCNCC(C)Sc1nnc(C2CC2)n1C1CC1. The molecule has 2 aliphatic rings. The van der Waals surface area contributed by atoms with E-state index in [4.69, 9.17) is 0 Å². The monoisotopic (exact) mass is 266 g/mol. The summed E-state index contributed by atoms with van der Waals surface area (Å²) in [6.45, 7) is 6.48. The van der Waals surface area contributed by atoms with Crippen molar-refractivity contribution < 1.29 is 0 Å². The Morgan fingerprint density at radius 2 is 2.11 bits per heavy atom. The number of thioether (sulfide) groups is 1. The van der Waals surface area contributed by atoms with Crippen LogP contribution in [0, 0.1) is 0 Å². The quantitative estimate of drug-likeness (QED) is 0.770. The van der Waals surface area contributed by atoms with E-state index in [9.17, 15) is 0 Å². The largest absolute Gasteiger partial charge is 0.316 e. The summed E-state index contributed by atoms with van der Waals surface area (Å²) in [4.78, 5) is 0. The fraction of sp³-hybridized carbons (Fsp3) is 0.846. The minimum Gasteiger partial charge on any atom is -0.316 e. The lowest BCUT2D eigenvalue weighted by Crippen LogP contribution is -2.22. The van der Waals surface area contributed by atoms with Gasteiger partial charge in [-0.2, -0.15) is 0 Å². The van der Waals surface area contributed by atoms with Crippen LogP contribution in [0.3, 0.4) is 0 Å². The van der Waals surface area contributed by atoms with Crippen LogP contribution in [0.1, 0.15) is 57.3 Å². The van der Waals surface area contributed by atoms with Gasteiger partial charge in [0.1, 0.15) is 5.82 Å². The predicted octanol–water partition coefficient (Wildman–Crippen LogP) is 2.58. The van der Waals surface area contributed by atoms with Crippen LogP contribution in [0.2, 0.25) is 0 Å². The molecule has 5 heteroatoms. The topological polar surface area (TPSA) is 42.7 Å². The zero-order valence-corrected chi connectivity index (χ0v) is 12.0. The van der Waals surface area contributed by atoms with Crippen molar-refractivity contribution in [3.05, 3.63) is 5.82 Å². The van der Waals surface area contributed by atoms with Gasteiger partial charge in [0.05, 0.1) is 0 Å². The van der Waals surface area contributed by atoms with Crippen LogP contribution in [0.25, 0.3) is 0 Å². The molecule has 0 radical (unpaired) electrons. The number of hydrogen-bond acceptors (Lipinski definition) is 4. The van der Waals surface area contributed by atoms with Gasteiger partial charge in [-0.05, 0) is 32.2 Å². The van der Waals surface area contributed by atoms with Crippen molar-refractivity contribution in [2.75, 3.05) is 13.1 Å². The molecule has 3 rings (SSSR count). The van der Waals surface area contributed by atoms with E-state index in [2.05, 4.69) is 33.9 Å². The van der Waals surface area contributed by atoms with Gasteiger partial charge in [0.2, 0.25) is 0 Å². The maximum absolute atomic E-state index is 4.44. The molecule has 4 nitrogen and oxygen atoms in total. The zero-order valence-electron chi connectivity index (χ0n) is 11.2.